The summed E-state index contributed by atoms with van der Waals surface area (Å²) in [7, 11) is 0. The molecule has 2 rings (SSSR count). The normalized spacial score (nSPS) is 10.3. The lowest BCUT2D eigenvalue weighted by Crippen LogP contribution is -2.21. The number of nitrogens with zero attached hydrogens (tertiary/aromatic N) is 2. The van der Waals surface area contributed by atoms with E-state index in [0.717, 1.165) is 10.6 Å². The first-order valence-electron chi connectivity index (χ1n) is 5.24. The SMILES string of the molecule is NCC(=O)Nc1nnc(Cc2ccc(Cl)cc2)s1. The highest BCUT2D eigenvalue weighted by Crippen LogP contribution is 2.19. The van der Waals surface area contributed by atoms with E-state index in [1.165, 1.54) is 11.3 Å². The number of halogens is 1. The second-order valence-electron chi connectivity index (χ2n) is 3.56. The minimum atomic E-state index is -0.274. The average Bonchev–Trinajstić information content (AvgIpc) is 2.79. The summed E-state index contributed by atoms with van der Waals surface area (Å²) in [6.45, 7) is -0.0634. The van der Waals surface area contributed by atoms with E-state index >= 15 is 0 Å². The van der Waals surface area contributed by atoms with Crippen molar-refractivity contribution >= 4 is 34.0 Å². The predicted molar refractivity (Wildman–Crippen MR) is 71.9 cm³/mol. The summed E-state index contributed by atoms with van der Waals surface area (Å²) < 4.78 is 0. The molecule has 0 saturated heterocycles. The van der Waals surface area contributed by atoms with Gasteiger partial charge in [0.25, 0.3) is 0 Å². The van der Waals surface area contributed by atoms with Crippen LogP contribution in [0.15, 0.2) is 24.3 Å². The van der Waals surface area contributed by atoms with E-state index in [1.807, 2.05) is 24.3 Å². The molecule has 0 unspecified atom stereocenters. The van der Waals surface area contributed by atoms with E-state index < -0.39 is 0 Å². The molecule has 1 aromatic carbocycles. The van der Waals surface area contributed by atoms with Gasteiger partial charge in [-0.2, -0.15) is 0 Å². The second kappa shape index (κ2) is 5.90. The molecule has 0 bridgehead atoms. The summed E-state index contributed by atoms with van der Waals surface area (Å²) in [6, 6.07) is 7.52. The van der Waals surface area contributed by atoms with E-state index in [1.54, 1.807) is 0 Å². The van der Waals surface area contributed by atoms with Crippen LogP contribution in [-0.4, -0.2) is 22.6 Å². The number of hydrogen-bond acceptors (Lipinski definition) is 5. The first-order valence-corrected chi connectivity index (χ1v) is 6.43. The number of amides is 1. The first-order chi connectivity index (χ1) is 8.67. The van der Waals surface area contributed by atoms with Crippen LogP contribution in [0.5, 0.6) is 0 Å². The van der Waals surface area contributed by atoms with Gasteiger partial charge in [-0.3, -0.25) is 10.1 Å². The summed E-state index contributed by atoms with van der Waals surface area (Å²) in [5, 5.41) is 12.4. The molecule has 0 aliphatic rings. The molecule has 3 N–H and O–H groups in total. The van der Waals surface area contributed by atoms with Crippen LogP contribution < -0.4 is 11.1 Å². The number of carbonyl (C=O) groups excluding carboxylic acids is 1. The zero-order valence-electron chi connectivity index (χ0n) is 9.39. The molecule has 0 aliphatic carbocycles. The lowest BCUT2D eigenvalue weighted by Gasteiger charge is -1.97. The fraction of sp³-hybridized carbons (Fsp3) is 0.182. The minimum Gasteiger partial charge on any atom is -0.322 e. The number of nitrogens with one attached hydrogen (secondary N) is 1. The topological polar surface area (TPSA) is 80.9 Å². The number of anilines is 1. The van der Waals surface area contributed by atoms with E-state index in [9.17, 15) is 4.79 Å². The van der Waals surface area contributed by atoms with E-state index in [4.69, 9.17) is 17.3 Å². The molecule has 5 nitrogen and oxygen atoms in total. The molecule has 7 heteroatoms. The van der Waals surface area contributed by atoms with Gasteiger partial charge in [0.05, 0.1) is 6.54 Å². The Balaban J connectivity index is 2.02. The molecule has 0 radical (unpaired) electrons. The summed E-state index contributed by atoms with van der Waals surface area (Å²) in [6.07, 6.45) is 0.660. The Morgan fingerprint density at radius 1 is 1.33 bits per heavy atom. The van der Waals surface area contributed by atoms with Gasteiger partial charge in [-0.1, -0.05) is 35.1 Å². The van der Waals surface area contributed by atoms with Gasteiger partial charge in [0.2, 0.25) is 11.0 Å². The second-order valence-corrected chi connectivity index (χ2v) is 5.06. The fourth-order valence-electron chi connectivity index (χ4n) is 1.32. The van der Waals surface area contributed by atoms with Crippen LogP contribution in [-0.2, 0) is 11.2 Å². The number of carbonyl (C=O) groups is 1. The maximum absolute atomic E-state index is 11.1. The van der Waals surface area contributed by atoms with Crippen LogP contribution in [0.1, 0.15) is 10.6 Å². The van der Waals surface area contributed by atoms with Crippen molar-refractivity contribution < 1.29 is 4.79 Å². The van der Waals surface area contributed by atoms with Crippen LogP contribution in [0.25, 0.3) is 0 Å². The number of nitrogens with two attached hydrogens (primary N) is 1. The molecular formula is C11H11ClN4OS. The lowest BCUT2D eigenvalue weighted by molar-refractivity contribution is -0.114. The summed E-state index contributed by atoms with van der Waals surface area (Å²) in [5.41, 5.74) is 6.29. The largest absolute Gasteiger partial charge is 0.322 e. The molecule has 94 valence electrons. The van der Waals surface area contributed by atoms with Crippen LogP contribution in [0.4, 0.5) is 5.13 Å². The lowest BCUT2D eigenvalue weighted by atomic mass is 10.2. The Hall–Kier alpha value is -1.50. The number of rotatable bonds is 4. The molecule has 2 aromatic rings. The highest BCUT2D eigenvalue weighted by atomic mass is 35.5. The standard InChI is InChI=1S/C11H11ClN4OS/c12-8-3-1-7(2-4-8)5-10-15-16-11(18-10)14-9(17)6-13/h1-4H,5-6,13H2,(H,14,16,17). The Labute approximate surface area is 113 Å². The number of benzene rings is 1. The quantitative estimate of drug-likeness (QED) is 0.894. The fourth-order valence-corrected chi connectivity index (χ4v) is 2.24. The molecule has 0 saturated carbocycles. The van der Waals surface area contributed by atoms with Gasteiger partial charge in [-0.15, -0.1) is 10.2 Å². The van der Waals surface area contributed by atoms with Crippen molar-refractivity contribution in [3.05, 3.63) is 39.9 Å². The zero-order valence-corrected chi connectivity index (χ0v) is 11.0. The van der Waals surface area contributed by atoms with E-state index in [0.29, 0.717) is 16.6 Å². The van der Waals surface area contributed by atoms with Crippen LogP contribution in [0, 0.1) is 0 Å². The molecule has 18 heavy (non-hydrogen) atoms. The maximum Gasteiger partial charge on any atom is 0.239 e. The number of hydrogen-bond donors (Lipinski definition) is 2. The van der Waals surface area contributed by atoms with Crippen LogP contribution in [0.2, 0.25) is 5.02 Å². The highest BCUT2D eigenvalue weighted by Gasteiger charge is 2.07. The van der Waals surface area contributed by atoms with Crippen molar-refractivity contribution in [3.63, 3.8) is 0 Å². The van der Waals surface area contributed by atoms with Gasteiger partial charge >= 0.3 is 0 Å². The van der Waals surface area contributed by atoms with E-state index in [-0.39, 0.29) is 12.5 Å². The number of aromatic nitrogens is 2. The van der Waals surface area contributed by atoms with Gasteiger partial charge in [0.1, 0.15) is 5.01 Å². The third kappa shape index (κ3) is 3.49. The molecule has 0 aliphatic heterocycles. The summed E-state index contributed by atoms with van der Waals surface area (Å²) in [4.78, 5) is 11.1. The van der Waals surface area contributed by atoms with Crippen molar-refractivity contribution in [3.8, 4) is 0 Å². The third-order valence-electron chi connectivity index (χ3n) is 2.17. The van der Waals surface area contributed by atoms with Crippen molar-refractivity contribution in [1.82, 2.24) is 10.2 Å². The Kier molecular flexibility index (Phi) is 4.24. The van der Waals surface area contributed by atoms with E-state index in [2.05, 4.69) is 15.5 Å². The van der Waals surface area contributed by atoms with Gasteiger partial charge in [0, 0.05) is 11.4 Å². The molecular weight excluding hydrogens is 272 g/mol. The Morgan fingerprint density at radius 2 is 2.06 bits per heavy atom. The molecule has 0 atom stereocenters. The summed E-state index contributed by atoms with van der Waals surface area (Å²) in [5.74, 6) is -0.274. The zero-order chi connectivity index (χ0) is 13.0. The van der Waals surface area contributed by atoms with Crippen molar-refractivity contribution in [1.29, 1.82) is 0 Å². The Morgan fingerprint density at radius 3 is 2.72 bits per heavy atom. The monoisotopic (exact) mass is 282 g/mol. The van der Waals surface area contributed by atoms with Gasteiger partial charge in [-0.25, -0.2) is 0 Å². The van der Waals surface area contributed by atoms with Gasteiger partial charge < -0.3 is 5.73 Å². The highest BCUT2D eigenvalue weighted by molar-refractivity contribution is 7.15. The summed E-state index contributed by atoms with van der Waals surface area (Å²) >= 11 is 7.14. The van der Waals surface area contributed by atoms with Crippen molar-refractivity contribution in [2.24, 2.45) is 5.73 Å². The minimum absolute atomic E-state index is 0.0634. The van der Waals surface area contributed by atoms with Gasteiger partial charge in [-0.05, 0) is 17.7 Å². The maximum atomic E-state index is 11.1. The molecule has 0 fully saturated rings. The smallest absolute Gasteiger partial charge is 0.239 e. The van der Waals surface area contributed by atoms with Crippen molar-refractivity contribution in [2.75, 3.05) is 11.9 Å². The molecule has 1 heterocycles. The first kappa shape index (κ1) is 12.9. The predicted octanol–water partition coefficient (Wildman–Crippen LogP) is 1.68. The molecule has 0 spiro atoms. The van der Waals surface area contributed by atoms with Gasteiger partial charge in [0.15, 0.2) is 0 Å². The average molecular weight is 283 g/mol. The van der Waals surface area contributed by atoms with Crippen molar-refractivity contribution in [2.45, 2.75) is 6.42 Å². The van der Waals surface area contributed by atoms with Crippen LogP contribution in [0.3, 0.4) is 0 Å². The third-order valence-corrected chi connectivity index (χ3v) is 3.26. The van der Waals surface area contributed by atoms with Crippen LogP contribution >= 0.6 is 22.9 Å². The molecule has 1 aromatic heterocycles. The Bertz CT molecular complexity index is 540. The molecule has 1 amide bonds.